The van der Waals surface area contributed by atoms with Crippen LogP contribution in [0.2, 0.25) is 0 Å². The van der Waals surface area contributed by atoms with E-state index in [1.54, 1.807) is 6.92 Å². The van der Waals surface area contributed by atoms with Crippen molar-refractivity contribution in [3.8, 4) is 0 Å². The number of rotatable bonds is 2. The second-order valence-electron chi connectivity index (χ2n) is 4.23. The standard InChI is InChI=1S/C13H16N2O/c1-9(16)12-10-7-5-6-8-11(10)15(4)13(12)14(2)3/h5-8H,1-4H3. The zero-order chi connectivity index (χ0) is 11.9. The Morgan fingerprint density at radius 3 is 2.44 bits per heavy atom. The molecule has 0 atom stereocenters. The van der Waals surface area contributed by atoms with Crippen LogP contribution >= 0.6 is 0 Å². The highest BCUT2D eigenvalue weighted by atomic mass is 16.1. The number of fused-ring (bicyclic) bond motifs is 1. The SMILES string of the molecule is CC(=O)c1c(N(C)C)n(C)c2ccccc12. The molecule has 0 N–H and O–H groups in total. The number of hydrogen-bond acceptors (Lipinski definition) is 2. The quantitative estimate of drug-likeness (QED) is 0.720. The molecule has 3 heteroatoms. The number of hydrogen-bond donors (Lipinski definition) is 0. The summed E-state index contributed by atoms with van der Waals surface area (Å²) < 4.78 is 2.06. The molecule has 1 heterocycles. The fourth-order valence-corrected chi connectivity index (χ4v) is 2.25. The van der Waals surface area contributed by atoms with Gasteiger partial charge in [-0.05, 0) is 13.0 Å². The normalized spacial score (nSPS) is 10.8. The zero-order valence-corrected chi connectivity index (χ0v) is 10.1. The highest BCUT2D eigenvalue weighted by Gasteiger charge is 2.19. The molecule has 84 valence electrons. The largest absolute Gasteiger partial charge is 0.364 e. The third kappa shape index (κ3) is 1.40. The van der Waals surface area contributed by atoms with E-state index in [4.69, 9.17) is 0 Å². The van der Waals surface area contributed by atoms with Gasteiger partial charge in [-0.15, -0.1) is 0 Å². The van der Waals surface area contributed by atoms with Crippen molar-refractivity contribution in [1.29, 1.82) is 0 Å². The average molecular weight is 216 g/mol. The van der Waals surface area contributed by atoms with Crippen LogP contribution in [0.4, 0.5) is 5.82 Å². The Morgan fingerprint density at radius 2 is 1.88 bits per heavy atom. The summed E-state index contributed by atoms with van der Waals surface area (Å²) in [6.07, 6.45) is 0. The second kappa shape index (κ2) is 3.67. The fourth-order valence-electron chi connectivity index (χ4n) is 2.25. The van der Waals surface area contributed by atoms with Crippen molar-refractivity contribution in [1.82, 2.24) is 4.57 Å². The maximum absolute atomic E-state index is 11.8. The zero-order valence-electron chi connectivity index (χ0n) is 10.1. The number of carbonyl (C=O) groups is 1. The predicted octanol–water partition coefficient (Wildman–Crippen LogP) is 2.45. The van der Waals surface area contributed by atoms with Crippen LogP contribution in [0.5, 0.6) is 0 Å². The van der Waals surface area contributed by atoms with E-state index >= 15 is 0 Å². The van der Waals surface area contributed by atoms with Crippen LogP contribution in [0.25, 0.3) is 10.9 Å². The van der Waals surface area contributed by atoms with Gasteiger partial charge in [-0.3, -0.25) is 4.79 Å². The van der Waals surface area contributed by atoms with Crippen molar-refractivity contribution in [2.24, 2.45) is 7.05 Å². The van der Waals surface area contributed by atoms with Crippen molar-refractivity contribution in [2.45, 2.75) is 6.92 Å². The van der Waals surface area contributed by atoms with Gasteiger partial charge in [0, 0.05) is 26.5 Å². The molecule has 2 aromatic rings. The molecule has 0 spiro atoms. The van der Waals surface area contributed by atoms with E-state index < -0.39 is 0 Å². The molecule has 16 heavy (non-hydrogen) atoms. The van der Waals surface area contributed by atoms with Gasteiger partial charge in [0.2, 0.25) is 0 Å². The number of benzene rings is 1. The summed E-state index contributed by atoms with van der Waals surface area (Å²) in [7, 11) is 5.91. The number of aromatic nitrogens is 1. The minimum atomic E-state index is 0.112. The van der Waals surface area contributed by atoms with E-state index in [0.29, 0.717) is 0 Å². The minimum absolute atomic E-state index is 0.112. The molecule has 0 radical (unpaired) electrons. The molecule has 0 aliphatic rings. The maximum atomic E-state index is 11.8. The molecule has 0 fully saturated rings. The first kappa shape index (κ1) is 10.7. The first-order valence-electron chi connectivity index (χ1n) is 5.29. The van der Waals surface area contributed by atoms with Crippen molar-refractivity contribution in [2.75, 3.05) is 19.0 Å². The smallest absolute Gasteiger partial charge is 0.164 e. The number of carbonyl (C=O) groups excluding carboxylic acids is 1. The lowest BCUT2D eigenvalue weighted by molar-refractivity contribution is 0.101. The summed E-state index contributed by atoms with van der Waals surface area (Å²) in [5.41, 5.74) is 1.90. The van der Waals surface area contributed by atoms with E-state index in [2.05, 4.69) is 4.57 Å². The molecule has 1 aromatic carbocycles. The Balaban J connectivity index is 2.92. The lowest BCUT2D eigenvalue weighted by Gasteiger charge is -2.15. The molecule has 3 nitrogen and oxygen atoms in total. The number of para-hydroxylation sites is 1. The highest BCUT2D eigenvalue weighted by molar-refractivity contribution is 6.12. The molecule has 0 amide bonds. The molecule has 0 saturated carbocycles. The molecular weight excluding hydrogens is 200 g/mol. The van der Waals surface area contributed by atoms with Gasteiger partial charge in [-0.25, -0.2) is 0 Å². The van der Waals surface area contributed by atoms with Gasteiger partial charge < -0.3 is 9.47 Å². The van der Waals surface area contributed by atoms with E-state index in [0.717, 1.165) is 22.3 Å². The Kier molecular flexibility index (Phi) is 2.46. The van der Waals surface area contributed by atoms with E-state index in [1.165, 1.54) is 0 Å². The summed E-state index contributed by atoms with van der Waals surface area (Å²) in [4.78, 5) is 13.7. The Morgan fingerprint density at radius 1 is 1.25 bits per heavy atom. The fraction of sp³-hybridized carbons (Fsp3) is 0.308. The van der Waals surface area contributed by atoms with Crippen LogP contribution in [0, 0.1) is 0 Å². The third-order valence-corrected chi connectivity index (χ3v) is 2.85. The van der Waals surface area contributed by atoms with E-state index in [9.17, 15) is 4.79 Å². The summed E-state index contributed by atoms with van der Waals surface area (Å²) in [6, 6.07) is 7.99. The third-order valence-electron chi connectivity index (χ3n) is 2.85. The molecular formula is C13H16N2O. The summed E-state index contributed by atoms with van der Waals surface area (Å²) >= 11 is 0. The number of Topliss-reactive ketones (excluding diaryl/α,β-unsaturated/α-hetero) is 1. The van der Waals surface area contributed by atoms with Crippen LogP contribution in [0.3, 0.4) is 0 Å². The minimum Gasteiger partial charge on any atom is -0.364 e. The van der Waals surface area contributed by atoms with Crippen LogP contribution in [-0.2, 0) is 7.05 Å². The van der Waals surface area contributed by atoms with Crippen LogP contribution in [0.1, 0.15) is 17.3 Å². The van der Waals surface area contributed by atoms with Crippen LogP contribution < -0.4 is 4.90 Å². The van der Waals surface area contributed by atoms with Gasteiger partial charge in [-0.2, -0.15) is 0 Å². The Labute approximate surface area is 95.3 Å². The van der Waals surface area contributed by atoms with Gasteiger partial charge in [-0.1, -0.05) is 18.2 Å². The number of nitrogens with zero attached hydrogens (tertiary/aromatic N) is 2. The maximum Gasteiger partial charge on any atom is 0.164 e. The molecule has 0 saturated heterocycles. The number of aryl methyl sites for hydroxylation is 1. The van der Waals surface area contributed by atoms with Gasteiger partial charge in [0.15, 0.2) is 5.78 Å². The van der Waals surface area contributed by atoms with Crippen molar-refractivity contribution in [3.05, 3.63) is 29.8 Å². The second-order valence-corrected chi connectivity index (χ2v) is 4.23. The molecule has 0 bridgehead atoms. The van der Waals surface area contributed by atoms with E-state index in [-0.39, 0.29) is 5.78 Å². The van der Waals surface area contributed by atoms with Crippen LogP contribution in [-0.4, -0.2) is 24.4 Å². The molecule has 2 rings (SSSR count). The Hall–Kier alpha value is -1.77. The lowest BCUT2D eigenvalue weighted by atomic mass is 10.1. The lowest BCUT2D eigenvalue weighted by Crippen LogP contribution is -2.15. The Bertz CT molecular complexity index is 552. The predicted molar refractivity (Wildman–Crippen MR) is 67.3 cm³/mol. The highest BCUT2D eigenvalue weighted by Crippen LogP contribution is 2.31. The molecule has 1 aromatic heterocycles. The van der Waals surface area contributed by atoms with Crippen molar-refractivity contribution in [3.63, 3.8) is 0 Å². The summed E-state index contributed by atoms with van der Waals surface area (Å²) in [5, 5.41) is 1.03. The van der Waals surface area contributed by atoms with Crippen molar-refractivity contribution < 1.29 is 4.79 Å². The van der Waals surface area contributed by atoms with Gasteiger partial charge in [0.1, 0.15) is 5.82 Å². The monoisotopic (exact) mass is 216 g/mol. The summed E-state index contributed by atoms with van der Waals surface area (Å²) in [5.74, 6) is 1.08. The van der Waals surface area contributed by atoms with E-state index in [1.807, 2.05) is 50.3 Å². The molecule has 0 aliphatic carbocycles. The average Bonchev–Trinajstić information content (AvgIpc) is 2.53. The molecule has 0 aliphatic heterocycles. The summed E-state index contributed by atoms with van der Waals surface area (Å²) in [6.45, 7) is 1.62. The number of ketones is 1. The number of anilines is 1. The van der Waals surface area contributed by atoms with Crippen LogP contribution in [0.15, 0.2) is 24.3 Å². The van der Waals surface area contributed by atoms with Gasteiger partial charge >= 0.3 is 0 Å². The first-order chi connectivity index (χ1) is 7.54. The first-order valence-corrected chi connectivity index (χ1v) is 5.29. The topological polar surface area (TPSA) is 25.2 Å². The van der Waals surface area contributed by atoms with Gasteiger partial charge in [0.05, 0.1) is 11.1 Å². The molecule has 0 unspecified atom stereocenters. The van der Waals surface area contributed by atoms with Gasteiger partial charge in [0.25, 0.3) is 0 Å². The van der Waals surface area contributed by atoms with Crippen molar-refractivity contribution >= 4 is 22.5 Å².